The maximum absolute atomic E-state index is 10.7. The maximum Gasteiger partial charge on any atom is 0.337 e. The van der Waals surface area contributed by atoms with Crippen molar-refractivity contribution in [2.75, 3.05) is 6.79 Å². The van der Waals surface area contributed by atoms with Crippen LogP contribution in [-0.4, -0.2) is 23.0 Å². The molecule has 0 aliphatic carbocycles. The fourth-order valence-electron chi connectivity index (χ4n) is 1.64. The second-order valence-electron chi connectivity index (χ2n) is 3.37. The summed E-state index contributed by atoms with van der Waals surface area (Å²) in [6, 6.07) is 1.44. The maximum atomic E-state index is 10.7. The summed E-state index contributed by atoms with van der Waals surface area (Å²) in [7, 11) is 0. The Hall–Kier alpha value is -1.46. The second kappa shape index (κ2) is 3.84. The van der Waals surface area contributed by atoms with Gasteiger partial charge >= 0.3 is 5.97 Å². The van der Waals surface area contributed by atoms with Crippen LogP contribution in [0.15, 0.2) is 6.07 Å². The average Bonchev–Trinajstić information content (AvgIpc) is 2.65. The Bertz CT molecular complexity index is 457. The van der Waals surface area contributed by atoms with Crippen LogP contribution in [0.2, 0.25) is 5.02 Å². The molecule has 0 saturated carbocycles. The summed E-state index contributed by atoms with van der Waals surface area (Å²) in [6.07, 6.45) is -1.66. The standard InChI is InChI=1S/C10H9ClO5/c1-4-7(8(12)10(13)14)5(11)2-6-9(4)16-3-15-6/h2,8,12H,3H2,1H3,(H,13,14). The van der Waals surface area contributed by atoms with Gasteiger partial charge in [0.05, 0.1) is 5.02 Å². The van der Waals surface area contributed by atoms with Gasteiger partial charge in [0.2, 0.25) is 6.79 Å². The number of aliphatic carboxylic acids is 1. The van der Waals surface area contributed by atoms with Crippen molar-refractivity contribution in [2.24, 2.45) is 0 Å². The van der Waals surface area contributed by atoms with Crippen molar-refractivity contribution in [3.8, 4) is 11.5 Å². The highest BCUT2D eigenvalue weighted by Gasteiger charge is 2.27. The van der Waals surface area contributed by atoms with E-state index in [1.54, 1.807) is 6.92 Å². The zero-order valence-electron chi connectivity index (χ0n) is 8.36. The fourth-order valence-corrected chi connectivity index (χ4v) is 1.99. The van der Waals surface area contributed by atoms with Gasteiger partial charge in [-0.3, -0.25) is 0 Å². The molecule has 0 fully saturated rings. The molecule has 1 heterocycles. The Morgan fingerprint density at radius 2 is 2.25 bits per heavy atom. The van der Waals surface area contributed by atoms with E-state index in [4.69, 9.17) is 26.2 Å². The summed E-state index contributed by atoms with van der Waals surface area (Å²) in [5, 5.41) is 18.4. The van der Waals surface area contributed by atoms with Crippen LogP contribution < -0.4 is 9.47 Å². The van der Waals surface area contributed by atoms with Gasteiger partial charge in [0.25, 0.3) is 0 Å². The number of fused-ring (bicyclic) bond motifs is 1. The molecule has 1 aliphatic heterocycles. The molecule has 2 rings (SSSR count). The molecule has 0 aromatic heterocycles. The summed E-state index contributed by atoms with van der Waals surface area (Å²) in [4.78, 5) is 10.7. The van der Waals surface area contributed by atoms with Crippen LogP contribution in [0.25, 0.3) is 0 Å². The number of halogens is 1. The molecule has 1 aliphatic rings. The van der Waals surface area contributed by atoms with E-state index < -0.39 is 12.1 Å². The number of carbonyl (C=O) groups is 1. The monoisotopic (exact) mass is 244 g/mol. The molecule has 0 radical (unpaired) electrons. The summed E-state index contributed by atoms with van der Waals surface area (Å²) >= 11 is 5.89. The molecule has 16 heavy (non-hydrogen) atoms. The number of hydrogen-bond acceptors (Lipinski definition) is 4. The summed E-state index contributed by atoms with van der Waals surface area (Å²) in [6.45, 7) is 1.69. The first-order valence-electron chi connectivity index (χ1n) is 4.52. The Morgan fingerprint density at radius 1 is 1.56 bits per heavy atom. The minimum Gasteiger partial charge on any atom is -0.479 e. The Balaban J connectivity index is 2.58. The third kappa shape index (κ3) is 1.58. The lowest BCUT2D eigenvalue weighted by atomic mass is 10.0. The quantitative estimate of drug-likeness (QED) is 0.824. The molecule has 1 unspecified atom stereocenters. The van der Waals surface area contributed by atoms with Gasteiger partial charge in [-0.2, -0.15) is 0 Å². The number of rotatable bonds is 2. The summed E-state index contributed by atoms with van der Waals surface area (Å²) < 4.78 is 10.3. The van der Waals surface area contributed by atoms with Crippen molar-refractivity contribution in [3.05, 3.63) is 22.2 Å². The van der Waals surface area contributed by atoms with Crippen LogP contribution in [0.5, 0.6) is 11.5 Å². The lowest BCUT2D eigenvalue weighted by Gasteiger charge is -2.13. The van der Waals surface area contributed by atoms with Crippen molar-refractivity contribution in [3.63, 3.8) is 0 Å². The van der Waals surface area contributed by atoms with E-state index in [-0.39, 0.29) is 17.4 Å². The summed E-state index contributed by atoms with van der Waals surface area (Å²) in [5.74, 6) is -0.465. The minimum atomic E-state index is -1.66. The van der Waals surface area contributed by atoms with E-state index in [9.17, 15) is 9.90 Å². The molecular weight excluding hydrogens is 236 g/mol. The molecule has 1 aromatic rings. The highest BCUT2D eigenvalue weighted by atomic mass is 35.5. The van der Waals surface area contributed by atoms with Gasteiger partial charge in [-0.25, -0.2) is 4.79 Å². The van der Waals surface area contributed by atoms with E-state index >= 15 is 0 Å². The molecule has 1 aromatic carbocycles. The lowest BCUT2D eigenvalue weighted by Crippen LogP contribution is -2.12. The Labute approximate surface area is 96.2 Å². The van der Waals surface area contributed by atoms with E-state index in [1.165, 1.54) is 6.07 Å². The molecule has 2 N–H and O–H groups in total. The largest absolute Gasteiger partial charge is 0.479 e. The van der Waals surface area contributed by atoms with Gasteiger partial charge in [0, 0.05) is 17.2 Å². The van der Waals surface area contributed by atoms with E-state index in [0.29, 0.717) is 17.1 Å². The number of aliphatic hydroxyl groups excluding tert-OH is 1. The molecule has 0 amide bonds. The molecule has 5 nitrogen and oxygen atoms in total. The van der Waals surface area contributed by atoms with Crippen LogP contribution in [0.3, 0.4) is 0 Å². The van der Waals surface area contributed by atoms with E-state index in [1.807, 2.05) is 0 Å². The minimum absolute atomic E-state index is 0.0686. The molecule has 86 valence electrons. The van der Waals surface area contributed by atoms with Crippen molar-refractivity contribution >= 4 is 17.6 Å². The SMILES string of the molecule is Cc1c2c(cc(Cl)c1C(O)C(=O)O)OCO2. The van der Waals surface area contributed by atoms with Crippen LogP contribution in [0.1, 0.15) is 17.2 Å². The number of carboxylic acids is 1. The van der Waals surface area contributed by atoms with Gasteiger partial charge < -0.3 is 19.7 Å². The molecular formula is C10H9ClO5. The number of hydrogen-bond donors (Lipinski definition) is 2. The smallest absolute Gasteiger partial charge is 0.337 e. The van der Waals surface area contributed by atoms with Crippen LogP contribution in [0.4, 0.5) is 0 Å². The topological polar surface area (TPSA) is 76.0 Å². The first-order chi connectivity index (χ1) is 7.52. The van der Waals surface area contributed by atoms with Gasteiger partial charge in [-0.15, -0.1) is 0 Å². The third-order valence-electron chi connectivity index (χ3n) is 2.41. The lowest BCUT2D eigenvalue weighted by molar-refractivity contribution is -0.147. The van der Waals surface area contributed by atoms with Crippen LogP contribution in [-0.2, 0) is 4.79 Å². The van der Waals surface area contributed by atoms with Gasteiger partial charge in [0.1, 0.15) is 0 Å². The highest BCUT2D eigenvalue weighted by Crippen LogP contribution is 2.42. The normalized spacial score (nSPS) is 14.9. The Kier molecular flexibility index (Phi) is 2.65. The number of benzene rings is 1. The molecule has 6 heteroatoms. The zero-order chi connectivity index (χ0) is 11.9. The first kappa shape index (κ1) is 11.0. The van der Waals surface area contributed by atoms with E-state index in [2.05, 4.69) is 0 Å². The summed E-state index contributed by atoms with van der Waals surface area (Å²) in [5.41, 5.74) is 0.619. The number of aliphatic hydroxyl groups is 1. The van der Waals surface area contributed by atoms with Crippen LogP contribution in [0, 0.1) is 6.92 Å². The first-order valence-corrected chi connectivity index (χ1v) is 4.89. The zero-order valence-corrected chi connectivity index (χ0v) is 9.11. The third-order valence-corrected chi connectivity index (χ3v) is 2.72. The number of carboxylic acid groups (broad SMARTS) is 1. The van der Waals surface area contributed by atoms with Crippen molar-refractivity contribution in [1.82, 2.24) is 0 Å². The predicted octanol–water partition coefficient (Wildman–Crippen LogP) is 1.50. The molecule has 0 saturated heterocycles. The van der Waals surface area contributed by atoms with Gasteiger partial charge in [-0.05, 0) is 6.92 Å². The van der Waals surface area contributed by atoms with Crippen LogP contribution >= 0.6 is 11.6 Å². The van der Waals surface area contributed by atoms with Crippen molar-refractivity contribution < 1.29 is 24.5 Å². The fraction of sp³-hybridized carbons (Fsp3) is 0.300. The molecule has 0 bridgehead atoms. The molecule has 0 spiro atoms. The van der Waals surface area contributed by atoms with Gasteiger partial charge in [0.15, 0.2) is 17.6 Å². The second-order valence-corrected chi connectivity index (χ2v) is 3.78. The highest BCUT2D eigenvalue weighted by molar-refractivity contribution is 6.32. The van der Waals surface area contributed by atoms with E-state index in [0.717, 1.165) is 0 Å². The molecule has 1 atom stereocenters. The van der Waals surface area contributed by atoms with Crippen molar-refractivity contribution in [2.45, 2.75) is 13.0 Å². The Morgan fingerprint density at radius 3 is 2.88 bits per heavy atom. The predicted molar refractivity (Wildman–Crippen MR) is 54.9 cm³/mol. The average molecular weight is 245 g/mol. The van der Waals surface area contributed by atoms with Gasteiger partial charge in [-0.1, -0.05) is 11.6 Å². The number of ether oxygens (including phenoxy) is 2. The van der Waals surface area contributed by atoms with Crippen molar-refractivity contribution in [1.29, 1.82) is 0 Å².